The maximum absolute atomic E-state index is 12.6. The molecule has 0 radical (unpaired) electrons. The molecule has 10 nitrogen and oxygen atoms in total. The third kappa shape index (κ3) is 41.1. The Labute approximate surface area is 344 Å². The Morgan fingerprint density at radius 3 is 1.11 bits per heavy atom. The van der Waals surface area contributed by atoms with Crippen LogP contribution in [0.15, 0.2) is 0 Å². The van der Waals surface area contributed by atoms with Crippen LogP contribution in [-0.4, -0.2) is 65.7 Å². The highest BCUT2D eigenvalue weighted by Gasteiger charge is 2.27. The van der Waals surface area contributed by atoms with Gasteiger partial charge < -0.3 is 24.6 Å². The number of aliphatic hydroxyl groups excluding tert-OH is 2. The molecule has 0 aromatic carbocycles. The minimum Gasteiger partial charge on any atom is -0.462 e. The molecule has 0 aliphatic heterocycles. The van der Waals surface area contributed by atoms with Crippen molar-refractivity contribution < 1.29 is 47.8 Å². The van der Waals surface area contributed by atoms with E-state index in [0.717, 1.165) is 32.1 Å². The lowest BCUT2D eigenvalue weighted by molar-refractivity contribution is -0.161. The van der Waals surface area contributed by atoms with E-state index >= 15 is 0 Å². The summed E-state index contributed by atoms with van der Waals surface area (Å²) in [4.78, 5) is 35.0. The maximum atomic E-state index is 12.6. The zero-order chi connectivity index (χ0) is 41.2. The van der Waals surface area contributed by atoms with E-state index < -0.39 is 51.8 Å². The highest BCUT2D eigenvalue weighted by molar-refractivity contribution is 7.47. The molecule has 334 valence electrons. The molecule has 3 atom stereocenters. The topological polar surface area (TPSA) is 149 Å². The van der Waals surface area contributed by atoms with Crippen LogP contribution in [0.5, 0.6) is 0 Å². The Kier molecular flexibility index (Phi) is 41.3. The van der Waals surface area contributed by atoms with Crippen molar-refractivity contribution in [2.75, 3.05) is 26.4 Å². The van der Waals surface area contributed by atoms with Crippen LogP contribution in [-0.2, 0) is 32.7 Å². The van der Waals surface area contributed by atoms with Gasteiger partial charge in [-0.2, -0.15) is 0 Å². The molecule has 0 aliphatic rings. The Hall–Kier alpha value is -1.03. The van der Waals surface area contributed by atoms with E-state index in [1.165, 1.54) is 167 Å². The minimum absolute atomic E-state index is 0.193. The monoisotopic (exact) mass is 821 g/mol. The zero-order valence-corrected chi connectivity index (χ0v) is 37.3. The Balaban J connectivity index is 4.19. The van der Waals surface area contributed by atoms with Crippen LogP contribution in [0.1, 0.15) is 239 Å². The Bertz CT molecular complexity index is 904. The van der Waals surface area contributed by atoms with Crippen molar-refractivity contribution >= 4 is 19.8 Å². The largest absolute Gasteiger partial charge is 0.472 e. The summed E-state index contributed by atoms with van der Waals surface area (Å²) in [5, 5.41) is 18.4. The van der Waals surface area contributed by atoms with Crippen molar-refractivity contribution in [3.05, 3.63) is 0 Å². The molecule has 0 rings (SSSR count). The van der Waals surface area contributed by atoms with Gasteiger partial charge in [0.15, 0.2) is 6.10 Å². The summed E-state index contributed by atoms with van der Waals surface area (Å²) in [5.74, 6) is -0.906. The molecular weight excluding hydrogens is 731 g/mol. The fourth-order valence-electron chi connectivity index (χ4n) is 6.88. The van der Waals surface area contributed by atoms with Crippen molar-refractivity contribution in [1.82, 2.24) is 0 Å². The number of aliphatic hydroxyl groups is 2. The molecule has 0 saturated carbocycles. The third-order valence-electron chi connectivity index (χ3n) is 10.5. The minimum atomic E-state index is -4.61. The number of hydrogen-bond donors (Lipinski definition) is 3. The van der Waals surface area contributed by atoms with E-state index in [1.54, 1.807) is 0 Å². The first kappa shape index (κ1) is 55.0. The standard InChI is InChI=1S/C45H89O10P/c1-3-5-7-9-11-13-15-17-19-20-21-23-25-27-29-31-33-35-37-45(49)55-43(41-54-56(50,51)53-39-42(47)38-46)40-52-44(48)36-34-32-30-28-26-24-22-18-16-14-12-10-8-6-4-2/h42-43,46-47H,3-41H2,1-2H3,(H,50,51)/t42-,43+/m0/s1. The van der Waals surface area contributed by atoms with Gasteiger partial charge in [-0.05, 0) is 12.8 Å². The molecule has 56 heavy (non-hydrogen) atoms. The fourth-order valence-corrected chi connectivity index (χ4v) is 7.67. The summed E-state index contributed by atoms with van der Waals surface area (Å²) in [7, 11) is -4.61. The quantitative estimate of drug-likeness (QED) is 0.0308. The lowest BCUT2D eigenvalue weighted by Gasteiger charge is -2.20. The average Bonchev–Trinajstić information content (AvgIpc) is 3.19. The van der Waals surface area contributed by atoms with Crippen LogP contribution in [0.3, 0.4) is 0 Å². The van der Waals surface area contributed by atoms with Gasteiger partial charge in [0.1, 0.15) is 12.7 Å². The van der Waals surface area contributed by atoms with Crippen LogP contribution >= 0.6 is 7.82 Å². The van der Waals surface area contributed by atoms with Gasteiger partial charge in [0, 0.05) is 12.8 Å². The van der Waals surface area contributed by atoms with Crippen LogP contribution in [0, 0.1) is 0 Å². The van der Waals surface area contributed by atoms with Crippen molar-refractivity contribution in [2.24, 2.45) is 0 Å². The van der Waals surface area contributed by atoms with E-state index in [0.29, 0.717) is 12.8 Å². The second-order valence-electron chi connectivity index (χ2n) is 16.2. The zero-order valence-electron chi connectivity index (χ0n) is 36.4. The van der Waals surface area contributed by atoms with Gasteiger partial charge in [-0.15, -0.1) is 0 Å². The normalized spacial score (nSPS) is 13.7. The number of hydrogen-bond acceptors (Lipinski definition) is 9. The maximum Gasteiger partial charge on any atom is 0.472 e. The molecule has 0 spiro atoms. The number of unbranched alkanes of at least 4 members (excludes halogenated alkanes) is 31. The molecule has 0 fully saturated rings. The van der Waals surface area contributed by atoms with E-state index in [4.69, 9.17) is 23.6 Å². The first-order valence-electron chi connectivity index (χ1n) is 23.5. The van der Waals surface area contributed by atoms with Gasteiger partial charge >= 0.3 is 19.8 Å². The van der Waals surface area contributed by atoms with Crippen molar-refractivity contribution in [3.8, 4) is 0 Å². The number of carbonyl (C=O) groups is 2. The Morgan fingerprint density at radius 1 is 0.464 bits per heavy atom. The van der Waals surface area contributed by atoms with Crippen LogP contribution in [0.2, 0.25) is 0 Å². The Morgan fingerprint density at radius 2 is 0.768 bits per heavy atom. The predicted octanol–water partition coefficient (Wildman–Crippen LogP) is 12.6. The molecule has 0 amide bonds. The van der Waals surface area contributed by atoms with Gasteiger partial charge in [0.2, 0.25) is 0 Å². The third-order valence-corrected chi connectivity index (χ3v) is 11.5. The van der Waals surface area contributed by atoms with Gasteiger partial charge in [0.05, 0.1) is 19.8 Å². The van der Waals surface area contributed by atoms with Crippen molar-refractivity contribution in [3.63, 3.8) is 0 Å². The van der Waals surface area contributed by atoms with Crippen LogP contribution in [0.25, 0.3) is 0 Å². The SMILES string of the molecule is CCCCCCCCCCCCCCCCCCCCC(=O)O[C@H](COC(=O)CCCCCCCCCCCCCCCCC)COP(=O)(O)OC[C@@H](O)CO. The number of esters is 2. The fraction of sp³-hybridized carbons (Fsp3) is 0.956. The molecule has 0 aromatic heterocycles. The number of phosphoric acid groups is 1. The molecule has 3 N–H and O–H groups in total. The molecule has 11 heteroatoms. The smallest absolute Gasteiger partial charge is 0.462 e. The highest BCUT2D eigenvalue weighted by atomic mass is 31.2. The van der Waals surface area contributed by atoms with E-state index in [2.05, 4.69) is 13.8 Å². The lowest BCUT2D eigenvalue weighted by atomic mass is 10.0. The number of rotatable bonds is 45. The second-order valence-corrected chi connectivity index (χ2v) is 17.6. The second kappa shape index (κ2) is 42.1. The number of carbonyl (C=O) groups excluding carboxylic acids is 2. The molecule has 1 unspecified atom stereocenters. The van der Waals surface area contributed by atoms with Crippen molar-refractivity contribution in [1.29, 1.82) is 0 Å². The van der Waals surface area contributed by atoms with E-state index in [1.807, 2.05) is 0 Å². The lowest BCUT2D eigenvalue weighted by Crippen LogP contribution is -2.29. The number of ether oxygens (including phenoxy) is 2. The molecule has 0 heterocycles. The highest BCUT2D eigenvalue weighted by Crippen LogP contribution is 2.43. The predicted molar refractivity (Wildman–Crippen MR) is 229 cm³/mol. The average molecular weight is 821 g/mol. The van der Waals surface area contributed by atoms with E-state index in [-0.39, 0.29) is 19.4 Å². The first-order valence-corrected chi connectivity index (χ1v) is 25.0. The van der Waals surface area contributed by atoms with Gasteiger partial charge in [-0.1, -0.05) is 213 Å². The molecular formula is C45H89O10P. The van der Waals surface area contributed by atoms with Crippen molar-refractivity contribution in [2.45, 2.75) is 251 Å². The number of phosphoric ester groups is 1. The van der Waals surface area contributed by atoms with Gasteiger partial charge in [0.25, 0.3) is 0 Å². The summed E-state index contributed by atoms with van der Waals surface area (Å²) in [6.45, 7) is 2.43. The van der Waals surface area contributed by atoms with Gasteiger partial charge in [-0.25, -0.2) is 4.57 Å². The summed E-state index contributed by atoms with van der Waals surface area (Å²) in [6, 6.07) is 0. The summed E-state index contributed by atoms with van der Waals surface area (Å²) in [6.07, 6.45) is 39.2. The molecule has 0 bridgehead atoms. The molecule has 0 aromatic rings. The molecule has 0 saturated heterocycles. The van der Waals surface area contributed by atoms with Crippen LogP contribution in [0.4, 0.5) is 0 Å². The summed E-state index contributed by atoms with van der Waals surface area (Å²) < 4.78 is 32.8. The summed E-state index contributed by atoms with van der Waals surface area (Å²) in [5.41, 5.74) is 0. The summed E-state index contributed by atoms with van der Waals surface area (Å²) >= 11 is 0. The molecule has 0 aliphatic carbocycles. The van der Waals surface area contributed by atoms with Gasteiger partial charge in [-0.3, -0.25) is 18.6 Å². The van der Waals surface area contributed by atoms with E-state index in [9.17, 15) is 24.2 Å². The van der Waals surface area contributed by atoms with Crippen LogP contribution < -0.4 is 0 Å². The first-order chi connectivity index (χ1) is 27.2.